The normalized spacial score (nSPS) is 12.5. The van der Waals surface area contributed by atoms with E-state index in [1.165, 1.54) is 11.3 Å². The van der Waals surface area contributed by atoms with E-state index in [0.29, 0.717) is 27.4 Å². The van der Waals surface area contributed by atoms with Gasteiger partial charge in [-0.05, 0) is 62.4 Å². The Morgan fingerprint density at radius 3 is 2.41 bits per heavy atom. The number of amides is 2. The molecule has 0 aliphatic heterocycles. The Morgan fingerprint density at radius 1 is 0.906 bits per heavy atom. The monoisotopic (exact) mass is 448 g/mol. The van der Waals surface area contributed by atoms with Gasteiger partial charge in [0.05, 0.1) is 23.4 Å². The van der Waals surface area contributed by atoms with Gasteiger partial charge in [0, 0.05) is 10.4 Å². The van der Waals surface area contributed by atoms with E-state index in [9.17, 15) is 14.4 Å². The molecular weight excluding hydrogens is 424 g/mol. The summed E-state index contributed by atoms with van der Waals surface area (Å²) in [5.74, 6) is -1.09. The largest absolute Gasteiger partial charge is 0.462 e. The van der Waals surface area contributed by atoms with Gasteiger partial charge in [0.1, 0.15) is 5.00 Å². The SMILES string of the molecule is CCOC(=O)c1ccccc1NC(=O)c1c(NC(=O)c2ccccc2)sc2c1CCCC2. The second kappa shape index (κ2) is 9.78. The van der Waals surface area contributed by atoms with E-state index in [4.69, 9.17) is 4.74 Å². The van der Waals surface area contributed by atoms with Gasteiger partial charge in [-0.1, -0.05) is 30.3 Å². The number of anilines is 2. The molecule has 0 radical (unpaired) electrons. The van der Waals surface area contributed by atoms with E-state index < -0.39 is 5.97 Å². The zero-order valence-electron chi connectivity index (χ0n) is 17.8. The number of fused-ring (bicyclic) bond motifs is 1. The lowest BCUT2D eigenvalue weighted by Gasteiger charge is -2.14. The molecule has 0 fully saturated rings. The maximum absolute atomic E-state index is 13.4. The summed E-state index contributed by atoms with van der Waals surface area (Å²) in [5, 5.41) is 6.35. The second-order valence-corrected chi connectivity index (χ2v) is 8.56. The minimum atomic E-state index is -0.492. The van der Waals surface area contributed by atoms with Gasteiger partial charge < -0.3 is 15.4 Å². The van der Waals surface area contributed by atoms with Gasteiger partial charge in [0.25, 0.3) is 11.8 Å². The van der Waals surface area contributed by atoms with Gasteiger partial charge in [0.15, 0.2) is 0 Å². The number of esters is 1. The predicted octanol–water partition coefficient (Wildman–Crippen LogP) is 5.31. The van der Waals surface area contributed by atoms with Crippen LogP contribution in [0.2, 0.25) is 0 Å². The van der Waals surface area contributed by atoms with Crippen molar-refractivity contribution in [3.05, 3.63) is 81.7 Å². The lowest BCUT2D eigenvalue weighted by molar-refractivity contribution is 0.0527. The molecule has 1 heterocycles. The molecule has 164 valence electrons. The quantitative estimate of drug-likeness (QED) is 0.501. The third-order valence-corrected chi connectivity index (χ3v) is 6.54. The summed E-state index contributed by atoms with van der Waals surface area (Å²) in [6.07, 6.45) is 3.73. The molecule has 4 rings (SSSR count). The van der Waals surface area contributed by atoms with Crippen molar-refractivity contribution in [2.24, 2.45) is 0 Å². The first-order valence-corrected chi connectivity index (χ1v) is 11.5. The van der Waals surface area contributed by atoms with Crippen LogP contribution in [0.15, 0.2) is 54.6 Å². The van der Waals surface area contributed by atoms with E-state index in [1.807, 2.05) is 6.07 Å². The number of aryl methyl sites for hydroxylation is 1. The van der Waals surface area contributed by atoms with E-state index in [2.05, 4.69) is 10.6 Å². The van der Waals surface area contributed by atoms with Crippen molar-refractivity contribution in [2.45, 2.75) is 32.6 Å². The first kappa shape index (κ1) is 21.8. The number of hydrogen-bond acceptors (Lipinski definition) is 5. The van der Waals surface area contributed by atoms with Crippen LogP contribution in [0.1, 0.15) is 61.3 Å². The molecule has 7 heteroatoms. The highest BCUT2D eigenvalue weighted by molar-refractivity contribution is 7.17. The molecule has 1 aliphatic rings. The number of rotatable bonds is 6. The summed E-state index contributed by atoms with van der Waals surface area (Å²) < 4.78 is 5.11. The molecule has 32 heavy (non-hydrogen) atoms. The Balaban J connectivity index is 1.66. The van der Waals surface area contributed by atoms with Crippen LogP contribution in [-0.4, -0.2) is 24.4 Å². The number of para-hydroxylation sites is 1. The maximum Gasteiger partial charge on any atom is 0.340 e. The number of nitrogens with one attached hydrogen (secondary N) is 2. The number of benzene rings is 2. The summed E-state index contributed by atoms with van der Waals surface area (Å²) in [5.41, 5.74) is 2.66. The zero-order chi connectivity index (χ0) is 22.5. The smallest absolute Gasteiger partial charge is 0.340 e. The summed E-state index contributed by atoms with van der Waals surface area (Å²) in [6.45, 7) is 1.98. The molecule has 0 saturated heterocycles. The third kappa shape index (κ3) is 4.57. The van der Waals surface area contributed by atoms with Crippen molar-refractivity contribution in [3.8, 4) is 0 Å². The number of carbonyl (C=O) groups excluding carboxylic acids is 3. The highest BCUT2D eigenvalue weighted by atomic mass is 32.1. The van der Waals surface area contributed by atoms with Gasteiger partial charge in [-0.25, -0.2) is 4.79 Å². The molecule has 6 nitrogen and oxygen atoms in total. The molecule has 0 unspecified atom stereocenters. The Labute approximate surface area is 190 Å². The maximum atomic E-state index is 13.4. The molecular formula is C25H24N2O4S. The van der Waals surface area contributed by atoms with E-state index in [1.54, 1.807) is 55.5 Å². The van der Waals surface area contributed by atoms with Crippen LogP contribution in [0.25, 0.3) is 0 Å². The Bertz CT molecular complexity index is 1150. The minimum Gasteiger partial charge on any atom is -0.462 e. The summed E-state index contributed by atoms with van der Waals surface area (Å²) in [7, 11) is 0. The van der Waals surface area contributed by atoms with Crippen molar-refractivity contribution in [1.82, 2.24) is 0 Å². The van der Waals surface area contributed by atoms with Crippen LogP contribution in [-0.2, 0) is 17.6 Å². The van der Waals surface area contributed by atoms with Crippen molar-refractivity contribution in [3.63, 3.8) is 0 Å². The molecule has 0 atom stereocenters. The Kier molecular flexibility index (Phi) is 6.66. The summed E-state index contributed by atoms with van der Waals surface area (Å²) in [6, 6.07) is 15.7. The number of ether oxygens (including phenoxy) is 1. The average Bonchev–Trinajstić information content (AvgIpc) is 3.18. The molecule has 1 aromatic heterocycles. The fraction of sp³-hybridized carbons (Fsp3) is 0.240. The van der Waals surface area contributed by atoms with Crippen molar-refractivity contribution >= 4 is 39.8 Å². The topological polar surface area (TPSA) is 84.5 Å². The van der Waals surface area contributed by atoms with Gasteiger partial charge in [-0.2, -0.15) is 0 Å². The van der Waals surface area contributed by atoms with E-state index in [0.717, 1.165) is 36.1 Å². The molecule has 1 aliphatic carbocycles. The Morgan fingerprint density at radius 2 is 1.62 bits per heavy atom. The van der Waals surface area contributed by atoms with Crippen molar-refractivity contribution in [1.29, 1.82) is 0 Å². The molecule has 0 saturated carbocycles. The first-order valence-electron chi connectivity index (χ1n) is 10.7. The number of thiophene rings is 1. The molecule has 2 aromatic carbocycles. The number of carbonyl (C=O) groups is 3. The number of hydrogen-bond donors (Lipinski definition) is 2. The molecule has 3 aromatic rings. The van der Waals surface area contributed by atoms with Crippen LogP contribution in [0.3, 0.4) is 0 Å². The summed E-state index contributed by atoms with van der Waals surface area (Å²) in [4.78, 5) is 39.6. The zero-order valence-corrected chi connectivity index (χ0v) is 18.6. The average molecular weight is 449 g/mol. The lowest BCUT2D eigenvalue weighted by atomic mass is 9.95. The molecule has 2 N–H and O–H groups in total. The molecule has 2 amide bonds. The van der Waals surface area contributed by atoms with Crippen LogP contribution >= 0.6 is 11.3 Å². The van der Waals surface area contributed by atoms with E-state index >= 15 is 0 Å². The lowest BCUT2D eigenvalue weighted by Crippen LogP contribution is -2.20. The van der Waals surface area contributed by atoms with Crippen molar-refractivity contribution < 1.29 is 19.1 Å². The highest BCUT2D eigenvalue weighted by Gasteiger charge is 2.27. The van der Waals surface area contributed by atoms with Crippen LogP contribution < -0.4 is 10.6 Å². The predicted molar refractivity (Wildman–Crippen MR) is 126 cm³/mol. The van der Waals surface area contributed by atoms with Gasteiger partial charge in [0.2, 0.25) is 0 Å². The van der Waals surface area contributed by atoms with Crippen LogP contribution in [0, 0.1) is 0 Å². The first-order chi connectivity index (χ1) is 15.6. The second-order valence-electron chi connectivity index (χ2n) is 7.46. The summed E-state index contributed by atoms with van der Waals surface area (Å²) >= 11 is 1.46. The van der Waals surface area contributed by atoms with Crippen LogP contribution in [0.5, 0.6) is 0 Å². The van der Waals surface area contributed by atoms with Gasteiger partial charge in [-0.15, -0.1) is 11.3 Å². The molecule has 0 spiro atoms. The third-order valence-electron chi connectivity index (χ3n) is 5.33. The Hall–Kier alpha value is -3.45. The minimum absolute atomic E-state index is 0.245. The highest BCUT2D eigenvalue weighted by Crippen LogP contribution is 2.39. The fourth-order valence-corrected chi connectivity index (χ4v) is 5.10. The fourth-order valence-electron chi connectivity index (χ4n) is 3.82. The van der Waals surface area contributed by atoms with Gasteiger partial charge in [-0.3, -0.25) is 9.59 Å². The van der Waals surface area contributed by atoms with Crippen LogP contribution in [0.4, 0.5) is 10.7 Å². The van der Waals surface area contributed by atoms with Gasteiger partial charge >= 0.3 is 5.97 Å². The van der Waals surface area contributed by atoms with E-state index in [-0.39, 0.29) is 18.4 Å². The van der Waals surface area contributed by atoms with Crippen molar-refractivity contribution in [2.75, 3.05) is 17.2 Å². The molecule has 0 bridgehead atoms. The standard InChI is InChI=1S/C25H24N2O4S/c1-2-31-25(30)17-12-6-8-14-19(17)26-23(29)21-18-13-7-9-15-20(18)32-24(21)27-22(28)16-10-4-3-5-11-16/h3-6,8,10-12,14H,2,7,9,13,15H2,1H3,(H,26,29)(H,27,28).